The lowest BCUT2D eigenvalue weighted by Gasteiger charge is -2.32. The zero-order chi connectivity index (χ0) is 17.8. The molecule has 6 heteroatoms. The summed E-state index contributed by atoms with van der Waals surface area (Å²) in [6.07, 6.45) is 6.09. The molecule has 0 saturated carbocycles. The number of likely N-dealkylation sites (N-methyl/N-ethyl adjacent to an activating group) is 1. The average molecular weight is 363 g/mol. The molecule has 3 rings (SSSR count). The number of imidazole rings is 1. The van der Waals surface area contributed by atoms with Gasteiger partial charge in [0.25, 0.3) is 0 Å². The van der Waals surface area contributed by atoms with E-state index in [4.69, 9.17) is 11.6 Å². The number of fused-ring (bicyclic) bond motifs is 1. The molecule has 1 aromatic heterocycles. The predicted octanol–water partition coefficient (Wildman–Crippen LogP) is 3.48. The molecule has 1 N–H and O–H groups in total. The summed E-state index contributed by atoms with van der Waals surface area (Å²) in [5.41, 5.74) is 1.85. The van der Waals surface area contributed by atoms with E-state index in [1.165, 1.54) is 19.3 Å². The van der Waals surface area contributed by atoms with E-state index in [1.807, 2.05) is 30.1 Å². The monoisotopic (exact) mass is 362 g/mol. The van der Waals surface area contributed by atoms with E-state index in [9.17, 15) is 4.79 Å². The Morgan fingerprint density at radius 1 is 1.44 bits per heavy atom. The molecular formula is C19H27ClN4O. The van der Waals surface area contributed by atoms with Crippen LogP contribution < -0.4 is 0 Å². The maximum absolute atomic E-state index is 12.4. The molecular weight excluding hydrogens is 336 g/mol. The summed E-state index contributed by atoms with van der Waals surface area (Å²) in [7, 11) is 4.05. The van der Waals surface area contributed by atoms with Gasteiger partial charge in [0.15, 0.2) is 0 Å². The number of amides is 1. The Morgan fingerprint density at radius 2 is 2.28 bits per heavy atom. The third kappa shape index (κ3) is 4.73. The number of hydrogen-bond donors (Lipinski definition) is 1. The standard InChI is InChI=1S/C19H27ClN4O/c1-23-11-4-3-5-15(23)7-9-19(25)24(2)12-10-18-21-16-8-6-14(20)13-17(16)22-18/h6,8,13,15H,3-5,7,9-12H2,1-2H3,(H,21,22)/t15-/m0/s1. The fourth-order valence-electron chi connectivity index (χ4n) is 3.54. The minimum atomic E-state index is 0.220. The van der Waals surface area contributed by atoms with Crippen LogP contribution in [0.25, 0.3) is 11.0 Å². The molecule has 1 aliphatic heterocycles. The number of halogens is 1. The van der Waals surface area contributed by atoms with Gasteiger partial charge in [0.2, 0.25) is 5.91 Å². The fraction of sp³-hybridized carbons (Fsp3) is 0.579. The molecule has 0 radical (unpaired) electrons. The highest BCUT2D eigenvalue weighted by atomic mass is 35.5. The highest BCUT2D eigenvalue weighted by Crippen LogP contribution is 2.20. The molecule has 2 heterocycles. The van der Waals surface area contributed by atoms with Gasteiger partial charge in [-0.2, -0.15) is 0 Å². The van der Waals surface area contributed by atoms with Crippen LogP contribution in [0.1, 0.15) is 37.9 Å². The van der Waals surface area contributed by atoms with Gasteiger partial charge in [-0.15, -0.1) is 0 Å². The molecule has 0 aliphatic carbocycles. The number of benzene rings is 1. The average Bonchev–Trinajstić information content (AvgIpc) is 3.00. The lowest BCUT2D eigenvalue weighted by atomic mass is 9.98. The number of carbonyl (C=O) groups is 1. The lowest BCUT2D eigenvalue weighted by Crippen LogP contribution is -2.37. The summed E-state index contributed by atoms with van der Waals surface area (Å²) in [6, 6.07) is 6.19. The predicted molar refractivity (Wildman–Crippen MR) is 102 cm³/mol. The van der Waals surface area contributed by atoms with Crippen molar-refractivity contribution in [2.45, 2.75) is 44.6 Å². The number of aromatic nitrogens is 2. The second-order valence-electron chi connectivity index (χ2n) is 7.08. The van der Waals surface area contributed by atoms with Crippen LogP contribution in [0.5, 0.6) is 0 Å². The molecule has 1 saturated heterocycles. The van der Waals surface area contributed by atoms with Crippen LogP contribution >= 0.6 is 11.6 Å². The third-order valence-electron chi connectivity index (χ3n) is 5.22. The number of carbonyl (C=O) groups excluding carboxylic acids is 1. The van der Waals surface area contributed by atoms with E-state index in [0.29, 0.717) is 24.0 Å². The van der Waals surface area contributed by atoms with Crippen LogP contribution in [0.15, 0.2) is 18.2 Å². The van der Waals surface area contributed by atoms with Crippen molar-refractivity contribution in [3.05, 3.63) is 29.0 Å². The van der Waals surface area contributed by atoms with E-state index in [1.54, 1.807) is 0 Å². The summed E-state index contributed by atoms with van der Waals surface area (Å²) >= 11 is 6.00. The molecule has 25 heavy (non-hydrogen) atoms. The van der Waals surface area contributed by atoms with Crippen LogP contribution in [0.2, 0.25) is 5.02 Å². The van der Waals surface area contributed by atoms with Gasteiger partial charge in [0.05, 0.1) is 11.0 Å². The van der Waals surface area contributed by atoms with Crippen molar-refractivity contribution in [3.63, 3.8) is 0 Å². The van der Waals surface area contributed by atoms with Gasteiger partial charge in [-0.1, -0.05) is 18.0 Å². The molecule has 1 aromatic carbocycles. The van der Waals surface area contributed by atoms with E-state index in [0.717, 1.165) is 36.2 Å². The number of nitrogens with zero attached hydrogens (tertiary/aromatic N) is 3. The fourth-order valence-corrected chi connectivity index (χ4v) is 3.71. The maximum atomic E-state index is 12.4. The number of aromatic amines is 1. The Bertz CT molecular complexity index is 729. The Balaban J connectivity index is 1.47. The first-order valence-electron chi connectivity index (χ1n) is 9.11. The van der Waals surface area contributed by atoms with Crippen molar-refractivity contribution in [2.24, 2.45) is 0 Å². The van der Waals surface area contributed by atoms with Gasteiger partial charge in [0.1, 0.15) is 5.82 Å². The molecule has 2 aromatic rings. The minimum Gasteiger partial charge on any atom is -0.345 e. The van der Waals surface area contributed by atoms with Crippen molar-refractivity contribution in [1.82, 2.24) is 19.8 Å². The molecule has 0 spiro atoms. The highest BCUT2D eigenvalue weighted by Gasteiger charge is 2.20. The first-order valence-corrected chi connectivity index (χ1v) is 9.49. The summed E-state index contributed by atoms with van der Waals surface area (Å²) in [6.45, 7) is 1.83. The Kier molecular flexibility index (Phi) is 5.97. The molecule has 1 fully saturated rings. The zero-order valence-electron chi connectivity index (χ0n) is 15.1. The van der Waals surface area contributed by atoms with Gasteiger partial charge < -0.3 is 14.8 Å². The summed E-state index contributed by atoms with van der Waals surface area (Å²) < 4.78 is 0. The van der Waals surface area contributed by atoms with E-state index in [2.05, 4.69) is 21.9 Å². The minimum absolute atomic E-state index is 0.220. The van der Waals surface area contributed by atoms with Crippen LogP contribution in [-0.2, 0) is 11.2 Å². The molecule has 1 amide bonds. The summed E-state index contributed by atoms with van der Waals surface area (Å²) in [5, 5.41) is 0.697. The summed E-state index contributed by atoms with van der Waals surface area (Å²) in [5.74, 6) is 1.11. The summed E-state index contributed by atoms with van der Waals surface area (Å²) in [4.78, 5) is 24.4. The topological polar surface area (TPSA) is 52.2 Å². The first-order chi connectivity index (χ1) is 12.0. The van der Waals surface area contributed by atoms with Crippen molar-refractivity contribution in [3.8, 4) is 0 Å². The van der Waals surface area contributed by atoms with Crippen LogP contribution in [0.3, 0.4) is 0 Å². The molecule has 5 nitrogen and oxygen atoms in total. The van der Waals surface area contributed by atoms with Gasteiger partial charge in [-0.25, -0.2) is 4.98 Å². The van der Waals surface area contributed by atoms with Crippen LogP contribution in [-0.4, -0.2) is 58.9 Å². The molecule has 0 unspecified atom stereocenters. The Labute approximate surface area is 154 Å². The van der Waals surface area contributed by atoms with Gasteiger partial charge >= 0.3 is 0 Å². The van der Waals surface area contributed by atoms with E-state index < -0.39 is 0 Å². The highest BCUT2D eigenvalue weighted by molar-refractivity contribution is 6.31. The number of nitrogens with one attached hydrogen (secondary N) is 1. The molecule has 1 atom stereocenters. The third-order valence-corrected chi connectivity index (χ3v) is 5.45. The second kappa shape index (κ2) is 8.19. The van der Waals surface area contributed by atoms with Gasteiger partial charge in [-0.05, 0) is 51.1 Å². The Morgan fingerprint density at radius 3 is 3.08 bits per heavy atom. The quantitative estimate of drug-likeness (QED) is 0.855. The molecule has 0 bridgehead atoms. The first kappa shape index (κ1) is 18.2. The SMILES string of the molecule is CN(CCc1nc2ccc(Cl)cc2[nH]1)C(=O)CC[C@@H]1CCCCN1C. The van der Waals surface area contributed by atoms with Crippen LogP contribution in [0, 0.1) is 0 Å². The van der Waals surface area contributed by atoms with E-state index in [-0.39, 0.29) is 5.91 Å². The molecule has 1 aliphatic rings. The van der Waals surface area contributed by atoms with E-state index >= 15 is 0 Å². The lowest BCUT2D eigenvalue weighted by molar-refractivity contribution is -0.130. The number of piperidine rings is 1. The zero-order valence-corrected chi connectivity index (χ0v) is 15.9. The van der Waals surface area contributed by atoms with Crippen molar-refractivity contribution >= 4 is 28.5 Å². The van der Waals surface area contributed by atoms with Crippen molar-refractivity contribution < 1.29 is 4.79 Å². The van der Waals surface area contributed by atoms with Crippen molar-refractivity contribution in [2.75, 3.05) is 27.2 Å². The van der Waals surface area contributed by atoms with Crippen LogP contribution in [0.4, 0.5) is 0 Å². The Hall–Kier alpha value is -1.59. The van der Waals surface area contributed by atoms with Gasteiger partial charge in [-0.3, -0.25) is 4.79 Å². The number of rotatable bonds is 6. The maximum Gasteiger partial charge on any atom is 0.222 e. The number of H-pyrrole nitrogens is 1. The smallest absolute Gasteiger partial charge is 0.222 e. The largest absolute Gasteiger partial charge is 0.345 e. The normalized spacial score (nSPS) is 18.6. The van der Waals surface area contributed by atoms with Crippen molar-refractivity contribution in [1.29, 1.82) is 0 Å². The molecule has 136 valence electrons. The number of hydrogen-bond acceptors (Lipinski definition) is 3. The van der Waals surface area contributed by atoms with Gasteiger partial charge in [0, 0.05) is 37.5 Å². The second-order valence-corrected chi connectivity index (χ2v) is 7.52. The number of likely N-dealkylation sites (tertiary alicyclic amines) is 1.